The molecule has 0 spiro atoms. The Kier molecular flexibility index (Phi) is 3.87. The molecule has 0 aliphatic carbocycles. The van der Waals surface area contributed by atoms with Crippen molar-refractivity contribution >= 4 is 0 Å². The number of aliphatic hydroxyl groups is 2. The topological polar surface area (TPSA) is 71.2 Å². The number of aliphatic hydroxyl groups excluding tert-OH is 2. The normalized spacial score (nSPS) is 12.7. The molecule has 1 atom stereocenters. The highest BCUT2D eigenvalue weighted by molar-refractivity contribution is 5.54. The van der Waals surface area contributed by atoms with Crippen LogP contribution in [0.25, 0.3) is 11.4 Å². The van der Waals surface area contributed by atoms with Crippen LogP contribution in [0.2, 0.25) is 0 Å². The summed E-state index contributed by atoms with van der Waals surface area (Å²) in [6, 6.07) is 3.32. The van der Waals surface area contributed by atoms with E-state index in [1.165, 1.54) is 17.7 Å². The second kappa shape index (κ2) is 5.41. The van der Waals surface area contributed by atoms with Gasteiger partial charge in [0.2, 0.25) is 0 Å². The Hall–Kier alpha value is -1.86. The molecule has 0 aliphatic heterocycles. The SMILES string of the molecule is C[C@@H](O)c1nc(-c2ccc(F)c(F)c2)nn1CCO. The average molecular weight is 269 g/mol. The van der Waals surface area contributed by atoms with E-state index in [0.29, 0.717) is 5.56 Å². The second-order valence-corrected chi connectivity index (χ2v) is 4.05. The van der Waals surface area contributed by atoms with Gasteiger partial charge in [0.05, 0.1) is 13.2 Å². The van der Waals surface area contributed by atoms with Gasteiger partial charge in [-0.15, -0.1) is 0 Å². The van der Waals surface area contributed by atoms with Gasteiger partial charge in [0.25, 0.3) is 0 Å². The summed E-state index contributed by atoms with van der Waals surface area (Å²) in [4.78, 5) is 4.07. The van der Waals surface area contributed by atoms with E-state index in [9.17, 15) is 13.9 Å². The maximum Gasteiger partial charge on any atom is 0.181 e. The molecule has 7 heteroatoms. The number of benzene rings is 1. The van der Waals surface area contributed by atoms with E-state index in [-0.39, 0.29) is 24.8 Å². The van der Waals surface area contributed by atoms with Gasteiger partial charge in [-0.05, 0) is 25.1 Å². The average Bonchev–Trinajstić information content (AvgIpc) is 2.77. The van der Waals surface area contributed by atoms with Crippen molar-refractivity contribution in [3.8, 4) is 11.4 Å². The zero-order valence-corrected chi connectivity index (χ0v) is 10.2. The highest BCUT2D eigenvalue weighted by Gasteiger charge is 2.16. The van der Waals surface area contributed by atoms with Crippen LogP contribution in [0.1, 0.15) is 18.9 Å². The summed E-state index contributed by atoms with van der Waals surface area (Å²) < 4.78 is 27.3. The fraction of sp³-hybridized carbons (Fsp3) is 0.333. The number of hydrogen-bond donors (Lipinski definition) is 2. The van der Waals surface area contributed by atoms with E-state index < -0.39 is 17.7 Å². The lowest BCUT2D eigenvalue weighted by Gasteiger charge is -2.04. The molecule has 2 aromatic rings. The lowest BCUT2D eigenvalue weighted by atomic mass is 10.2. The van der Waals surface area contributed by atoms with Crippen molar-refractivity contribution in [1.29, 1.82) is 0 Å². The summed E-state index contributed by atoms with van der Waals surface area (Å²) in [5.41, 5.74) is 0.303. The molecule has 2 N–H and O–H groups in total. The predicted molar refractivity (Wildman–Crippen MR) is 63.1 cm³/mol. The lowest BCUT2D eigenvalue weighted by molar-refractivity contribution is 0.177. The molecular weight excluding hydrogens is 256 g/mol. The van der Waals surface area contributed by atoms with E-state index in [1.807, 2.05) is 0 Å². The van der Waals surface area contributed by atoms with Crippen LogP contribution >= 0.6 is 0 Å². The molecule has 102 valence electrons. The molecule has 0 amide bonds. The molecule has 1 heterocycles. The minimum Gasteiger partial charge on any atom is -0.394 e. The Morgan fingerprint density at radius 1 is 1.32 bits per heavy atom. The number of halogens is 2. The van der Waals surface area contributed by atoms with Crippen molar-refractivity contribution in [3.05, 3.63) is 35.7 Å². The molecule has 1 aromatic heterocycles. The van der Waals surface area contributed by atoms with E-state index in [2.05, 4.69) is 10.1 Å². The first-order valence-electron chi connectivity index (χ1n) is 5.72. The molecule has 0 fully saturated rings. The first-order valence-corrected chi connectivity index (χ1v) is 5.72. The molecule has 5 nitrogen and oxygen atoms in total. The van der Waals surface area contributed by atoms with Crippen LogP contribution in [-0.4, -0.2) is 31.6 Å². The van der Waals surface area contributed by atoms with E-state index in [1.54, 1.807) is 0 Å². The van der Waals surface area contributed by atoms with Gasteiger partial charge in [0, 0.05) is 5.56 Å². The van der Waals surface area contributed by atoms with E-state index >= 15 is 0 Å². The molecular formula is C12H13F2N3O2. The van der Waals surface area contributed by atoms with Gasteiger partial charge < -0.3 is 10.2 Å². The van der Waals surface area contributed by atoms with Crippen molar-refractivity contribution in [3.63, 3.8) is 0 Å². The zero-order valence-electron chi connectivity index (χ0n) is 10.2. The molecule has 0 aliphatic rings. The molecule has 0 saturated carbocycles. The molecule has 0 unspecified atom stereocenters. The minimum absolute atomic E-state index is 0.164. The summed E-state index contributed by atoms with van der Waals surface area (Å²) in [5, 5.41) is 22.5. The largest absolute Gasteiger partial charge is 0.394 e. The van der Waals surface area contributed by atoms with Crippen LogP contribution in [0.15, 0.2) is 18.2 Å². The molecule has 19 heavy (non-hydrogen) atoms. The minimum atomic E-state index is -0.991. The Balaban J connectivity index is 2.44. The van der Waals surface area contributed by atoms with Crippen LogP contribution in [0, 0.1) is 11.6 Å². The van der Waals surface area contributed by atoms with Crippen LogP contribution in [0.3, 0.4) is 0 Å². The molecule has 2 rings (SSSR count). The lowest BCUT2D eigenvalue weighted by Crippen LogP contribution is -2.10. The standard InChI is InChI=1S/C12H13F2N3O2/c1-7(19)12-15-11(16-17(12)4-5-18)8-2-3-9(13)10(14)6-8/h2-3,6-7,18-19H,4-5H2,1H3/t7-/m1/s1. The Labute approximate surface area is 108 Å². The second-order valence-electron chi connectivity index (χ2n) is 4.05. The maximum absolute atomic E-state index is 13.2. The number of rotatable bonds is 4. The third-order valence-electron chi connectivity index (χ3n) is 2.56. The summed E-state index contributed by atoms with van der Waals surface area (Å²) in [6.07, 6.45) is -0.877. The Bertz CT molecular complexity index is 584. The van der Waals surface area contributed by atoms with Crippen molar-refractivity contribution < 1.29 is 19.0 Å². The third-order valence-corrected chi connectivity index (χ3v) is 2.56. The fourth-order valence-electron chi connectivity index (χ4n) is 1.68. The smallest absolute Gasteiger partial charge is 0.181 e. The number of hydrogen-bond acceptors (Lipinski definition) is 4. The summed E-state index contributed by atoms with van der Waals surface area (Å²) in [5.74, 6) is -1.51. The van der Waals surface area contributed by atoms with E-state index in [0.717, 1.165) is 12.1 Å². The first-order chi connectivity index (χ1) is 9.02. The van der Waals surface area contributed by atoms with Gasteiger partial charge in [0.1, 0.15) is 6.10 Å². The highest BCUT2D eigenvalue weighted by Crippen LogP contribution is 2.20. The fourth-order valence-corrected chi connectivity index (χ4v) is 1.68. The summed E-state index contributed by atoms with van der Waals surface area (Å²) in [6.45, 7) is 1.50. The van der Waals surface area contributed by atoms with Gasteiger partial charge in [-0.25, -0.2) is 18.4 Å². The van der Waals surface area contributed by atoms with Crippen LogP contribution in [0.5, 0.6) is 0 Å². The van der Waals surface area contributed by atoms with Crippen molar-refractivity contribution in [2.24, 2.45) is 0 Å². The first kappa shape index (κ1) is 13.6. The number of aromatic nitrogens is 3. The number of nitrogens with zero attached hydrogens (tertiary/aromatic N) is 3. The van der Waals surface area contributed by atoms with Crippen molar-refractivity contribution in [1.82, 2.24) is 14.8 Å². The van der Waals surface area contributed by atoms with Gasteiger partial charge >= 0.3 is 0 Å². The highest BCUT2D eigenvalue weighted by atomic mass is 19.2. The molecule has 0 saturated heterocycles. The maximum atomic E-state index is 13.2. The van der Waals surface area contributed by atoms with Crippen LogP contribution < -0.4 is 0 Å². The summed E-state index contributed by atoms with van der Waals surface area (Å²) in [7, 11) is 0. The van der Waals surface area contributed by atoms with Gasteiger partial charge in [-0.2, -0.15) is 5.10 Å². The molecule has 0 bridgehead atoms. The molecule has 1 aromatic carbocycles. The zero-order chi connectivity index (χ0) is 14.0. The predicted octanol–water partition coefficient (Wildman–Crippen LogP) is 1.27. The van der Waals surface area contributed by atoms with Gasteiger partial charge in [-0.1, -0.05) is 0 Å². The monoisotopic (exact) mass is 269 g/mol. The van der Waals surface area contributed by atoms with Gasteiger partial charge in [-0.3, -0.25) is 0 Å². The Morgan fingerprint density at radius 3 is 2.63 bits per heavy atom. The van der Waals surface area contributed by atoms with Crippen molar-refractivity contribution in [2.75, 3.05) is 6.61 Å². The van der Waals surface area contributed by atoms with Crippen LogP contribution in [0.4, 0.5) is 8.78 Å². The third kappa shape index (κ3) is 2.77. The summed E-state index contributed by atoms with van der Waals surface area (Å²) >= 11 is 0. The quantitative estimate of drug-likeness (QED) is 0.876. The Morgan fingerprint density at radius 2 is 2.05 bits per heavy atom. The van der Waals surface area contributed by atoms with E-state index in [4.69, 9.17) is 5.11 Å². The van der Waals surface area contributed by atoms with Gasteiger partial charge in [0.15, 0.2) is 23.3 Å². The van der Waals surface area contributed by atoms with Crippen molar-refractivity contribution in [2.45, 2.75) is 19.6 Å². The molecule has 0 radical (unpaired) electrons. The van der Waals surface area contributed by atoms with Crippen LogP contribution in [-0.2, 0) is 6.54 Å².